The average molecular weight is 403 g/mol. The summed E-state index contributed by atoms with van der Waals surface area (Å²) >= 11 is 0. The number of nitrogens with zero attached hydrogens (tertiary/aromatic N) is 5. The van der Waals surface area contributed by atoms with Gasteiger partial charge in [0.2, 0.25) is 0 Å². The van der Waals surface area contributed by atoms with E-state index in [2.05, 4.69) is 33.3 Å². The number of nitrogens with one attached hydrogen (secondary N) is 1. The molecule has 0 amide bonds. The fraction of sp³-hybridized carbons (Fsp3) is 0.348. The minimum Gasteiger partial charge on any atom is -0.507 e. The zero-order chi connectivity index (χ0) is 21.0. The summed E-state index contributed by atoms with van der Waals surface area (Å²) in [6, 6.07) is 8.57. The van der Waals surface area contributed by atoms with E-state index in [0.717, 1.165) is 40.6 Å². The van der Waals surface area contributed by atoms with Crippen molar-refractivity contribution in [1.29, 1.82) is 0 Å². The Morgan fingerprint density at radius 2 is 2.00 bits per heavy atom. The molecule has 4 heterocycles. The standard InChI is InChI=1S/C23H26N6O/c1-13-10-29(12-20(13)24-3)17-7-15-5-6-19(26-23(15)25-9-17)18-8-16-11-28(4)27-21(16)14(2)22(18)30/h5-9,11,13,20,24,30H,10,12H2,1-4H3/t13-,20+/m1/s1. The van der Waals surface area contributed by atoms with Gasteiger partial charge in [0.1, 0.15) is 5.75 Å². The molecule has 1 fully saturated rings. The number of aromatic nitrogens is 4. The molecule has 3 aromatic heterocycles. The summed E-state index contributed by atoms with van der Waals surface area (Å²) in [6.45, 7) is 6.16. The van der Waals surface area contributed by atoms with Gasteiger partial charge in [-0.25, -0.2) is 9.97 Å². The Balaban J connectivity index is 1.53. The number of fused-ring (bicyclic) bond motifs is 2. The van der Waals surface area contributed by atoms with Crippen LogP contribution in [0.3, 0.4) is 0 Å². The van der Waals surface area contributed by atoms with Crippen LogP contribution in [-0.2, 0) is 7.05 Å². The molecule has 2 atom stereocenters. The molecule has 0 aliphatic carbocycles. The van der Waals surface area contributed by atoms with Crippen molar-refractivity contribution in [3.05, 3.63) is 42.2 Å². The number of aryl methyl sites for hydroxylation is 2. The highest BCUT2D eigenvalue weighted by Gasteiger charge is 2.28. The third-order valence-electron chi connectivity index (χ3n) is 6.27. The van der Waals surface area contributed by atoms with Crippen LogP contribution in [0.4, 0.5) is 5.69 Å². The molecule has 5 rings (SSSR count). The zero-order valence-corrected chi connectivity index (χ0v) is 17.7. The molecule has 1 aliphatic heterocycles. The number of phenols is 1. The second kappa shape index (κ2) is 6.95. The second-order valence-electron chi connectivity index (χ2n) is 8.35. The van der Waals surface area contributed by atoms with Gasteiger partial charge >= 0.3 is 0 Å². The van der Waals surface area contributed by atoms with Gasteiger partial charge in [0.25, 0.3) is 0 Å². The second-order valence-corrected chi connectivity index (χ2v) is 8.35. The molecule has 7 nitrogen and oxygen atoms in total. The van der Waals surface area contributed by atoms with Crippen LogP contribution in [0.15, 0.2) is 36.7 Å². The van der Waals surface area contributed by atoms with Crippen LogP contribution >= 0.6 is 0 Å². The predicted octanol–water partition coefficient (Wildman–Crippen LogP) is 3.24. The molecule has 7 heteroatoms. The summed E-state index contributed by atoms with van der Waals surface area (Å²) in [5.41, 5.74) is 4.77. The number of anilines is 1. The lowest BCUT2D eigenvalue weighted by Gasteiger charge is -2.18. The highest BCUT2D eigenvalue weighted by molar-refractivity contribution is 5.91. The normalized spacial score (nSPS) is 19.3. The third-order valence-corrected chi connectivity index (χ3v) is 6.27. The van der Waals surface area contributed by atoms with E-state index in [0.29, 0.717) is 28.9 Å². The van der Waals surface area contributed by atoms with Gasteiger partial charge in [0.05, 0.1) is 23.1 Å². The number of pyridine rings is 2. The van der Waals surface area contributed by atoms with E-state index in [-0.39, 0.29) is 5.75 Å². The van der Waals surface area contributed by atoms with Gasteiger partial charge < -0.3 is 15.3 Å². The average Bonchev–Trinajstić information content (AvgIpc) is 3.31. The molecule has 30 heavy (non-hydrogen) atoms. The van der Waals surface area contributed by atoms with Gasteiger partial charge in [-0.1, -0.05) is 6.92 Å². The van der Waals surface area contributed by atoms with Gasteiger partial charge in [0, 0.05) is 54.3 Å². The fourth-order valence-corrected chi connectivity index (χ4v) is 4.51. The van der Waals surface area contributed by atoms with Crippen molar-refractivity contribution in [2.24, 2.45) is 13.0 Å². The smallest absolute Gasteiger partial charge is 0.159 e. The molecule has 154 valence electrons. The Morgan fingerprint density at radius 1 is 1.17 bits per heavy atom. The van der Waals surface area contributed by atoms with Crippen LogP contribution in [0.1, 0.15) is 12.5 Å². The van der Waals surface area contributed by atoms with E-state index in [1.165, 1.54) is 0 Å². The molecule has 0 bridgehead atoms. The Labute approximate surface area is 175 Å². The number of hydrogen-bond acceptors (Lipinski definition) is 6. The van der Waals surface area contributed by atoms with E-state index >= 15 is 0 Å². The number of aromatic hydroxyl groups is 1. The van der Waals surface area contributed by atoms with E-state index in [1.807, 2.05) is 51.6 Å². The van der Waals surface area contributed by atoms with Crippen LogP contribution in [0, 0.1) is 12.8 Å². The monoisotopic (exact) mass is 402 g/mol. The first-order valence-corrected chi connectivity index (χ1v) is 10.3. The predicted molar refractivity (Wildman–Crippen MR) is 120 cm³/mol. The molecule has 2 N–H and O–H groups in total. The summed E-state index contributed by atoms with van der Waals surface area (Å²) < 4.78 is 1.76. The van der Waals surface area contributed by atoms with Crippen molar-refractivity contribution >= 4 is 27.6 Å². The molecule has 1 aromatic carbocycles. The molecule has 0 unspecified atom stereocenters. The van der Waals surface area contributed by atoms with E-state index < -0.39 is 0 Å². The molecule has 1 aliphatic rings. The van der Waals surface area contributed by atoms with Crippen molar-refractivity contribution in [3.8, 4) is 17.0 Å². The van der Waals surface area contributed by atoms with Gasteiger partial charge in [-0.2, -0.15) is 5.10 Å². The number of phenolic OH excluding ortho intramolecular Hbond substituents is 1. The molecule has 0 spiro atoms. The van der Waals surface area contributed by atoms with Crippen LogP contribution < -0.4 is 10.2 Å². The Hall–Kier alpha value is -3.19. The number of rotatable bonds is 3. The van der Waals surface area contributed by atoms with Gasteiger partial charge in [0.15, 0.2) is 5.65 Å². The van der Waals surface area contributed by atoms with Crippen LogP contribution in [0.2, 0.25) is 0 Å². The highest BCUT2D eigenvalue weighted by atomic mass is 16.3. The van der Waals surface area contributed by atoms with Gasteiger partial charge in [-0.05, 0) is 44.2 Å². The lowest BCUT2D eigenvalue weighted by Crippen LogP contribution is -2.32. The first-order chi connectivity index (χ1) is 14.4. The maximum Gasteiger partial charge on any atom is 0.159 e. The van der Waals surface area contributed by atoms with Gasteiger partial charge in [-0.15, -0.1) is 0 Å². The SMILES string of the molecule is CN[C@H]1CN(c2cnc3nc(-c4cc5cn(C)nc5c(C)c4O)ccc3c2)C[C@H]1C. The first-order valence-electron chi connectivity index (χ1n) is 10.3. The van der Waals surface area contributed by atoms with Gasteiger partial charge in [-0.3, -0.25) is 4.68 Å². The fourth-order valence-electron chi connectivity index (χ4n) is 4.51. The maximum absolute atomic E-state index is 10.8. The molecule has 1 saturated heterocycles. The van der Waals surface area contributed by atoms with Crippen LogP contribution in [-0.4, -0.2) is 51.0 Å². The topological polar surface area (TPSA) is 79.1 Å². The minimum absolute atomic E-state index is 0.217. The Bertz CT molecular complexity index is 1260. The molecule has 0 saturated carbocycles. The van der Waals surface area contributed by atoms with Crippen molar-refractivity contribution in [3.63, 3.8) is 0 Å². The van der Waals surface area contributed by atoms with Crippen molar-refractivity contribution in [2.45, 2.75) is 19.9 Å². The zero-order valence-electron chi connectivity index (χ0n) is 17.7. The summed E-state index contributed by atoms with van der Waals surface area (Å²) in [5.74, 6) is 0.814. The quantitative estimate of drug-likeness (QED) is 0.548. The molecule has 4 aromatic rings. The Kier molecular flexibility index (Phi) is 4.36. The van der Waals surface area contributed by atoms with Crippen molar-refractivity contribution in [1.82, 2.24) is 25.1 Å². The third kappa shape index (κ3) is 2.97. The largest absolute Gasteiger partial charge is 0.507 e. The number of hydrogen-bond donors (Lipinski definition) is 2. The lowest BCUT2D eigenvalue weighted by atomic mass is 10.0. The Morgan fingerprint density at radius 3 is 2.77 bits per heavy atom. The molecular formula is C23H26N6O. The summed E-state index contributed by atoms with van der Waals surface area (Å²) in [7, 11) is 3.90. The van der Waals surface area contributed by atoms with Crippen LogP contribution in [0.5, 0.6) is 5.75 Å². The molecular weight excluding hydrogens is 376 g/mol. The van der Waals surface area contributed by atoms with E-state index in [1.54, 1.807) is 4.68 Å². The summed E-state index contributed by atoms with van der Waals surface area (Å²) in [4.78, 5) is 11.8. The van der Waals surface area contributed by atoms with Crippen molar-refractivity contribution < 1.29 is 5.11 Å². The van der Waals surface area contributed by atoms with Crippen LogP contribution in [0.25, 0.3) is 33.2 Å². The summed E-state index contributed by atoms with van der Waals surface area (Å²) in [5, 5.41) is 20.6. The minimum atomic E-state index is 0.217. The van der Waals surface area contributed by atoms with E-state index in [4.69, 9.17) is 4.98 Å². The summed E-state index contributed by atoms with van der Waals surface area (Å²) in [6.07, 6.45) is 3.85. The van der Waals surface area contributed by atoms with Crippen molar-refractivity contribution in [2.75, 3.05) is 25.0 Å². The highest BCUT2D eigenvalue weighted by Crippen LogP contribution is 2.36. The number of likely N-dealkylation sites (N-methyl/N-ethyl adjacent to an activating group) is 1. The lowest BCUT2D eigenvalue weighted by molar-refractivity contribution is 0.474. The van der Waals surface area contributed by atoms with E-state index in [9.17, 15) is 5.11 Å². The number of benzene rings is 1. The first kappa shape index (κ1) is 18.8. The molecule has 0 radical (unpaired) electrons. The maximum atomic E-state index is 10.8.